The molecule has 0 radical (unpaired) electrons. The Bertz CT molecular complexity index is 859. The molecular weight excluding hydrogens is 328 g/mol. The average molecular weight is 350 g/mol. The van der Waals surface area contributed by atoms with E-state index in [1.54, 1.807) is 10.7 Å². The van der Waals surface area contributed by atoms with Gasteiger partial charge in [-0.3, -0.25) is 4.79 Å². The lowest BCUT2D eigenvalue weighted by molar-refractivity contribution is 0.0950. The normalized spacial score (nSPS) is 10.7. The Kier molecular flexibility index (Phi) is 5.58. The topological polar surface area (TPSA) is 84.7 Å². The Morgan fingerprint density at radius 1 is 1.08 bits per heavy atom. The summed E-state index contributed by atoms with van der Waals surface area (Å²) < 4.78 is 1.68. The molecule has 0 atom stereocenters. The molecule has 3 aromatic rings. The number of anilines is 1. The van der Waals surface area contributed by atoms with E-state index in [0.29, 0.717) is 30.4 Å². The maximum Gasteiger partial charge on any atom is 0.253 e. The molecule has 7 nitrogen and oxygen atoms in total. The second-order valence-corrected chi connectivity index (χ2v) is 6.35. The van der Waals surface area contributed by atoms with Crippen molar-refractivity contribution in [3.63, 3.8) is 0 Å². The lowest BCUT2D eigenvalue weighted by Crippen LogP contribution is -2.28. The summed E-state index contributed by atoms with van der Waals surface area (Å²) >= 11 is 0. The molecule has 26 heavy (non-hydrogen) atoms. The number of rotatable bonds is 7. The maximum atomic E-state index is 12.4. The first kappa shape index (κ1) is 17.6. The van der Waals surface area contributed by atoms with Gasteiger partial charge >= 0.3 is 0 Å². The van der Waals surface area contributed by atoms with E-state index in [0.717, 1.165) is 11.4 Å². The first-order chi connectivity index (χ1) is 12.6. The Labute approximate surface area is 152 Å². The highest BCUT2D eigenvalue weighted by atomic mass is 16.1. The highest BCUT2D eigenvalue weighted by Gasteiger charge is 2.13. The third-order valence-electron chi connectivity index (χ3n) is 3.81. The van der Waals surface area contributed by atoms with Crippen molar-refractivity contribution < 1.29 is 4.79 Å². The molecule has 134 valence electrons. The number of tetrazole rings is 1. The number of nitrogens with one attached hydrogen (secondary N) is 2. The number of hydrogen-bond donors (Lipinski definition) is 2. The number of para-hydroxylation sites is 2. The standard InChI is InChI=1S/C19H22N6O/c1-14(2)12-21-19(26)16-10-6-7-11-17(16)20-13-18-22-23-24-25(18)15-8-4-3-5-9-15/h3-11,14,20H,12-13H2,1-2H3,(H,21,26). The fraction of sp³-hybridized carbons (Fsp3) is 0.263. The Balaban J connectivity index is 1.74. The van der Waals surface area contributed by atoms with Gasteiger partial charge < -0.3 is 10.6 Å². The van der Waals surface area contributed by atoms with E-state index >= 15 is 0 Å². The van der Waals surface area contributed by atoms with Crippen LogP contribution in [0.25, 0.3) is 5.69 Å². The summed E-state index contributed by atoms with van der Waals surface area (Å²) in [6.07, 6.45) is 0. The van der Waals surface area contributed by atoms with Crippen LogP contribution in [0.15, 0.2) is 54.6 Å². The van der Waals surface area contributed by atoms with Gasteiger partial charge in [0.2, 0.25) is 0 Å². The molecule has 0 aliphatic rings. The maximum absolute atomic E-state index is 12.4. The highest BCUT2D eigenvalue weighted by Crippen LogP contribution is 2.16. The Hall–Kier alpha value is -3.22. The van der Waals surface area contributed by atoms with Gasteiger partial charge in [0.25, 0.3) is 5.91 Å². The van der Waals surface area contributed by atoms with Gasteiger partial charge in [0, 0.05) is 12.2 Å². The lowest BCUT2D eigenvalue weighted by Gasteiger charge is -2.13. The van der Waals surface area contributed by atoms with Crippen LogP contribution in [0.4, 0.5) is 5.69 Å². The molecule has 0 saturated carbocycles. The smallest absolute Gasteiger partial charge is 0.253 e. The number of amides is 1. The summed E-state index contributed by atoms with van der Waals surface area (Å²) in [7, 11) is 0. The van der Waals surface area contributed by atoms with E-state index in [1.807, 2.05) is 48.5 Å². The van der Waals surface area contributed by atoms with Crippen molar-refractivity contribution in [1.82, 2.24) is 25.5 Å². The molecule has 0 aliphatic heterocycles. The molecule has 2 N–H and O–H groups in total. The fourth-order valence-electron chi connectivity index (χ4n) is 2.49. The fourth-order valence-corrected chi connectivity index (χ4v) is 2.49. The van der Waals surface area contributed by atoms with Gasteiger partial charge in [-0.2, -0.15) is 4.68 Å². The predicted molar refractivity (Wildman–Crippen MR) is 100 cm³/mol. The number of carbonyl (C=O) groups excluding carboxylic acids is 1. The third-order valence-corrected chi connectivity index (χ3v) is 3.81. The van der Waals surface area contributed by atoms with Gasteiger partial charge in [-0.25, -0.2) is 0 Å². The van der Waals surface area contributed by atoms with Crippen molar-refractivity contribution in [3.8, 4) is 5.69 Å². The molecule has 0 aliphatic carbocycles. The van der Waals surface area contributed by atoms with E-state index in [2.05, 4.69) is 40.0 Å². The zero-order chi connectivity index (χ0) is 18.4. The van der Waals surface area contributed by atoms with E-state index in [4.69, 9.17) is 0 Å². The number of aromatic nitrogens is 4. The van der Waals surface area contributed by atoms with E-state index in [9.17, 15) is 4.79 Å². The summed E-state index contributed by atoms with van der Waals surface area (Å²) in [6.45, 7) is 5.16. The molecule has 0 saturated heterocycles. The molecule has 2 aromatic carbocycles. The van der Waals surface area contributed by atoms with E-state index < -0.39 is 0 Å². The first-order valence-electron chi connectivity index (χ1n) is 8.59. The molecule has 1 heterocycles. The van der Waals surface area contributed by atoms with Crippen molar-refractivity contribution >= 4 is 11.6 Å². The van der Waals surface area contributed by atoms with Crippen LogP contribution in [-0.2, 0) is 6.54 Å². The van der Waals surface area contributed by atoms with Gasteiger partial charge in [-0.05, 0) is 40.6 Å². The quantitative estimate of drug-likeness (QED) is 0.684. The molecule has 3 rings (SSSR count). The number of benzene rings is 2. The van der Waals surface area contributed by atoms with Crippen molar-refractivity contribution in [1.29, 1.82) is 0 Å². The van der Waals surface area contributed by atoms with Gasteiger partial charge in [-0.1, -0.05) is 44.2 Å². The van der Waals surface area contributed by atoms with Crippen LogP contribution in [0.2, 0.25) is 0 Å². The molecule has 1 amide bonds. The minimum atomic E-state index is -0.0931. The average Bonchev–Trinajstić information content (AvgIpc) is 3.14. The monoisotopic (exact) mass is 350 g/mol. The van der Waals surface area contributed by atoms with Crippen molar-refractivity contribution in [2.24, 2.45) is 5.92 Å². The Morgan fingerprint density at radius 2 is 1.81 bits per heavy atom. The van der Waals surface area contributed by atoms with Crippen LogP contribution >= 0.6 is 0 Å². The Morgan fingerprint density at radius 3 is 2.58 bits per heavy atom. The van der Waals surface area contributed by atoms with Gasteiger partial charge in [0.1, 0.15) is 0 Å². The first-order valence-corrected chi connectivity index (χ1v) is 8.59. The second-order valence-electron chi connectivity index (χ2n) is 6.35. The minimum Gasteiger partial charge on any atom is -0.377 e. The van der Waals surface area contributed by atoms with E-state index in [-0.39, 0.29) is 5.91 Å². The summed E-state index contributed by atoms with van der Waals surface area (Å²) in [5.74, 6) is 0.965. The zero-order valence-electron chi connectivity index (χ0n) is 14.9. The van der Waals surface area contributed by atoms with Crippen molar-refractivity contribution in [2.75, 3.05) is 11.9 Å². The lowest BCUT2D eigenvalue weighted by atomic mass is 10.1. The van der Waals surface area contributed by atoms with Crippen LogP contribution in [0.3, 0.4) is 0 Å². The van der Waals surface area contributed by atoms with Crippen molar-refractivity contribution in [3.05, 3.63) is 66.0 Å². The number of hydrogen-bond acceptors (Lipinski definition) is 5. The van der Waals surface area contributed by atoms with Gasteiger partial charge in [0.05, 0.1) is 17.8 Å². The SMILES string of the molecule is CC(C)CNC(=O)c1ccccc1NCc1nnnn1-c1ccccc1. The summed E-state index contributed by atoms with van der Waals surface area (Å²) in [5.41, 5.74) is 2.24. The summed E-state index contributed by atoms with van der Waals surface area (Å²) in [5, 5.41) is 18.1. The molecule has 0 fully saturated rings. The predicted octanol–water partition coefficient (Wildman–Crippen LogP) is 2.66. The minimum absolute atomic E-state index is 0.0931. The van der Waals surface area contributed by atoms with Crippen molar-refractivity contribution in [2.45, 2.75) is 20.4 Å². The second kappa shape index (κ2) is 8.24. The summed E-state index contributed by atoms with van der Waals surface area (Å²) in [6, 6.07) is 17.1. The van der Waals surface area contributed by atoms with Gasteiger partial charge in [-0.15, -0.1) is 5.10 Å². The molecule has 0 spiro atoms. The zero-order valence-corrected chi connectivity index (χ0v) is 14.9. The molecule has 7 heteroatoms. The molecule has 1 aromatic heterocycles. The number of carbonyl (C=O) groups is 1. The van der Waals surface area contributed by atoms with E-state index in [1.165, 1.54) is 0 Å². The highest BCUT2D eigenvalue weighted by molar-refractivity contribution is 5.99. The molecule has 0 bridgehead atoms. The van der Waals surface area contributed by atoms with Gasteiger partial charge in [0.15, 0.2) is 5.82 Å². The van der Waals surface area contributed by atoms with Crippen LogP contribution in [0.5, 0.6) is 0 Å². The van der Waals surface area contributed by atoms with Crippen LogP contribution in [-0.4, -0.2) is 32.7 Å². The third kappa shape index (κ3) is 4.24. The molecule has 0 unspecified atom stereocenters. The van der Waals surface area contributed by atoms with Crippen LogP contribution in [0.1, 0.15) is 30.0 Å². The van der Waals surface area contributed by atoms with Crippen LogP contribution in [0, 0.1) is 5.92 Å². The van der Waals surface area contributed by atoms with Crippen LogP contribution < -0.4 is 10.6 Å². The number of nitrogens with zero attached hydrogens (tertiary/aromatic N) is 4. The largest absolute Gasteiger partial charge is 0.377 e. The summed E-state index contributed by atoms with van der Waals surface area (Å²) in [4.78, 5) is 12.4. The molecular formula is C19H22N6O.